The fourth-order valence-electron chi connectivity index (χ4n) is 1.54. The zero-order chi connectivity index (χ0) is 11.2. The van der Waals surface area contributed by atoms with Crippen molar-refractivity contribution in [1.82, 2.24) is 4.98 Å². The molecule has 3 heteroatoms. The first-order valence-electron chi connectivity index (χ1n) is 5.29. The van der Waals surface area contributed by atoms with E-state index in [0.717, 1.165) is 18.1 Å². The number of rotatable bonds is 4. The van der Waals surface area contributed by atoms with Crippen molar-refractivity contribution in [2.75, 3.05) is 0 Å². The first kappa shape index (κ1) is 11.1. The van der Waals surface area contributed by atoms with Crippen LogP contribution in [0.15, 0.2) is 48.8 Å². The molecule has 0 aliphatic rings. The second kappa shape index (κ2) is 5.64. The normalized spacial score (nSPS) is 10.3. The lowest BCUT2D eigenvalue weighted by Crippen LogP contribution is -2.80. The third-order valence-electron chi connectivity index (χ3n) is 2.40. The van der Waals surface area contributed by atoms with Gasteiger partial charge in [-0.3, -0.25) is 4.98 Å². The van der Waals surface area contributed by atoms with Gasteiger partial charge in [0.2, 0.25) is 0 Å². The fourth-order valence-corrected chi connectivity index (χ4v) is 1.67. The summed E-state index contributed by atoms with van der Waals surface area (Å²) in [7, 11) is 0. The minimum Gasteiger partial charge on any atom is -0.339 e. The molecule has 0 spiro atoms. The van der Waals surface area contributed by atoms with Crippen LogP contribution >= 0.6 is 11.6 Å². The maximum Gasteiger partial charge on any atom is 0.103 e. The van der Waals surface area contributed by atoms with Crippen LogP contribution in [0.1, 0.15) is 11.1 Å². The summed E-state index contributed by atoms with van der Waals surface area (Å²) in [6, 6.07) is 12.0. The number of nitrogens with two attached hydrogens (primary N) is 1. The molecule has 0 aliphatic carbocycles. The standard InChI is InChI=1S/C13H13ClN2/c14-13-5-3-11(4-6-13)8-16-10-12-2-1-7-15-9-12/h1-7,9,16H,8,10H2/p+1. The molecule has 2 nitrogen and oxygen atoms in total. The lowest BCUT2D eigenvalue weighted by atomic mass is 10.2. The molecule has 0 aliphatic heterocycles. The molecule has 0 saturated heterocycles. The monoisotopic (exact) mass is 233 g/mol. The molecular weight excluding hydrogens is 220 g/mol. The highest BCUT2D eigenvalue weighted by Crippen LogP contribution is 2.08. The van der Waals surface area contributed by atoms with Gasteiger partial charge in [-0.2, -0.15) is 0 Å². The molecule has 1 aromatic heterocycles. The van der Waals surface area contributed by atoms with E-state index in [1.165, 1.54) is 11.1 Å². The summed E-state index contributed by atoms with van der Waals surface area (Å²) in [5.74, 6) is 0. The minimum absolute atomic E-state index is 0.788. The molecule has 2 aromatic rings. The van der Waals surface area contributed by atoms with Gasteiger partial charge in [0.15, 0.2) is 0 Å². The van der Waals surface area contributed by atoms with Crippen LogP contribution < -0.4 is 5.32 Å². The van der Waals surface area contributed by atoms with Crippen molar-refractivity contribution in [3.8, 4) is 0 Å². The molecule has 0 bridgehead atoms. The molecule has 82 valence electrons. The van der Waals surface area contributed by atoms with Gasteiger partial charge in [-0.15, -0.1) is 0 Å². The molecule has 0 radical (unpaired) electrons. The van der Waals surface area contributed by atoms with Gasteiger partial charge in [0, 0.05) is 28.5 Å². The maximum absolute atomic E-state index is 5.82. The highest BCUT2D eigenvalue weighted by Gasteiger charge is 1.97. The number of nitrogens with zero attached hydrogens (tertiary/aromatic N) is 1. The Bertz CT molecular complexity index is 425. The van der Waals surface area contributed by atoms with Crippen molar-refractivity contribution in [2.24, 2.45) is 0 Å². The second-order valence-electron chi connectivity index (χ2n) is 3.68. The highest BCUT2D eigenvalue weighted by molar-refractivity contribution is 6.30. The molecule has 0 unspecified atom stereocenters. The van der Waals surface area contributed by atoms with Crippen LogP contribution in [0.5, 0.6) is 0 Å². The number of pyridine rings is 1. The van der Waals surface area contributed by atoms with Crippen LogP contribution in [0.3, 0.4) is 0 Å². The van der Waals surface area contributed by atoms with E-state index in [-0.39, 0.29) is 0 Å². The number of hydrogen-bond donors (Lipinski definition) is 1. The topological polar surface area (TPSA) is 29.5 Å². The quantitative estimate of drug-likeness (QED) is 0.860. The van der Waals surface area contributed by atoms with Gasteiger partial charge in [-0.05, 0) is 18.2 Å². The van der Waals surface area contributed by atoms with Crippen LogP contribution in [-0.4, -0.2) is 4.98 Å². The number of halogens is 1. The highest BCUT2D eigenvalue weighted by atomic mass is 35.5. The summed E-state index contributed by atoms with van der Waals surface area (Å²) in [6.45, 7) is 1.92. The lowest BCUT2D eigenvalue weighted by molar-refractivity contribution is -0.686. The Labute approximate surface area is 100 Å². The second-order valence-corrected chi connectivity index (χ2v) is 4.12. The smallest absolute Gasteiger partial charge is 0.103 e. The third-order valence-corrected chi connectivity index (χ3v) is 2.65. The van der Waals surface area contributed by atoms with E-state index >= 15 is 0 Å². The molecule has 2 rings (SSSR count). The molecule has 1 aromatic carbocycles. The van der Waals surface area contributed by atoms with Crippen LogP contribution in [0.4, 0.5) is 0 Å². The van der Waals surface area contributed by atoms with E-state index in [9.17, 15) is 0 Å². The molecular formula is C13H14ClN2+. The van der Waals surface area contributed by atoms with Gasteiger partial charge in [-0.1, -0.05) is 29.8 Å². The zero-order valence-corrected chi connectivity index (χ0v) is 9.69. The lowest BCUT2D eigenvalue weighted by Gasteiger charge is -2.01. The SMILES string of the molecule is Clc1ccc(C[NH2+]Cc2cccnc2)cc1. The Balaban J connectivity index is 1.82. The average molecular weight is 234 g/mol. The summed E-state index contributed by atoms with van der Waals surface area (Å²) in [6.07, 6.45) is 3.70. The Kier molecular flexibility index (Phi) is 3.91. The van der Waals surface area contributed by atoms with Crippen LogP contribution in [0, 0.1) is 0 Å². The van der Waals surface area contributed by atoms with Gasteiger partial charge in [-0.25, -0.2) is 0 Å². The largest absolute Gasteiger partial charge is 0.339 e. The molecule has 0 amide bonds. The summed E-state index contributed by atoms with van der Waals surface area (Å²) in [4.78, 5) is 4.08. The van der Waals surface area contributed by atoms with E-state index < -0.39 is 0 Å². The average Bonchev–Trinajstić information content (AvgIpc) is 2.33. The minimum atomic E-state index is 0.788. The Morgan fingerprint density at radius 1 is 1.00 bits per heavy atom. The summed E-state index contributed by atoms with van der Waals surface area (Å²) in [5.41, 5.74) is 2.53. The van der Waals surface area contributed by atoms with Gasteiger partial charge in [0.1, 0.15) is 13.1 Å². The van der Waals surface area contributed by atoms with Crippen molar-refractivity contribution < 1.29 is 5.32 Å². The predicted octanol–water partition coefficient (Wildman–Crippen LogP) is 2.00. The van der Waals surface area contributed by atoms with Crippen molar-refractivity contribution in [2.45, 2.75) is 13.1 Å². The first-order chi connectivity index (χ1) is 7.84. The Morgan fingerprint density at radius 2 is 1.75 bits per heavy atom. The molecule has 0 atom stereocenters. The first-order valence-corrected chi connectivity index (χ1v) is 5.67. The van der Waals surface area contributed by atoms with Crippen molar-refractivity contribution in [3.63, 3.8) is 0 Å². The maximum atomic E-state index is 5.82. The molecule has 16 heavy (non-hydrogen) atoms. The molecule has 2 N–H and O–H groups in total. The number of benzene rings is 1. The van der Waals surface area contributed by atoms with Gasteiger partial charge >= 0.3 is 0 Å². The van der Waals surface area contributed by atoms with E-state index in [1.54, 1.807) is 6.20 Å². The third kappa shape index (κ3) is 3.33. The number of quaternary nitrogens is 1. The summed E-state index contributed by atoms with van der Waals surface area (Å²) in [5, 5.41) is 3.04. The van der Waals surface area contributed by atoms with Crippen molar-refractivity contribution in [1.29, 1.82) is 0 Å². The van der Waals surface area contributed by atoms with E-state index in [2.05, 4.69) is 28.5 Å². The summed E-state index contributed by atoms with van der Waals surface area (Å²) < 4.78 is 0. The van der Waals surface area contributed by atoms with Gasteiger partial charge < -0.3 is 5.32 Å². The zero-order valence-electron chi connectivity index (χ0n) is 8.94. The number of aromatic nitrogens is 1. The fraction of sp³-hybridized carbons (Fsp3) is 0.154. The van der Waals surface area contributed by atoms with Crippen LogP contribution in [0.25, 0.3) is 0 Å². The van der Waals surface area contributed by atoms with Gasteiger partial charge in [0.25, 0.3) is 0 Å². The molecule has 1 heterocycles. The summed E-state index contributed by atoms with van der Waals surface area (Å²) >= 11 is 5.82. The van der Waals surface area contributed by atoms with E-state index in [1.807, 2.05) is 24.4 Å². The van der Waals surface area contributed by atoms with E-state index in [4.69, 9.17) is 11.6 Å². The van der Waals surface area contributed by atoms with Crippen molar-refractivity contribution in [3.05, 3.63) is 64.9 Å². The predicted molar refractivity (Wildman–Crippen MR) is 65.0 cm³/mol. The van der Waals surface area contributed by atoms with Gasteiger partial charge in [0.05, 0.1) is 0 Å². The van der Waals surface area contributed by atoms with E-state index in [0.29, 0.717) is 0 Å². The Hall–Kier alpha value is -1.38. The molecule has 0 saturated carbocycles. The van der Waals surface area contributed by atoms with Crippen LogP contribution in [-0.2, 0) is 13.1 Å². The Morgan fingerprint density at radius 3 is 2.44 bits per heavy atom. The van der Waals surface area contributed by atoms with Crippen LogP contribution in [0.2, 0.25) is 5.02 Å². The number of hydrogen-bond acceptors (Lipinski definition) is 1. The van der Waals surface area contributed by atoms with Crippen molar-refractivity contribution >= 4 is 11.6 Å². The molecule has 0 fully saturated rings.